The van der Waals surface area contributed by atoms with Crippen molar-refractivity contribution in [3.05, 3.63) is 34.3 Å². The number of hydrogen-bond acceptors (Lipinski definition) is 2. The van der Waals surface area contributed by atoms with E-state index in [2.05, 4.69) is 52.0 Å². The average Bonchev–Trinajstić information content (AvgIpc) is 3.06. The van der Waals surface area contributed by atoms with Crippen molar-refractivity contribution >= 4 is 34.2 Å². The molecule has 1 aromatic carbocycles. The van der Waals surface area contributed by atoms with Crippen LogP contribution in [0.15, 0.2) is 28.7 Å². The summed E-state index contributed by atoms with van der Waals surface area (Å²) in [6, 6.07) is 8.61. The van der Waals surface area contributed by atoms with Gasteiger partial charge in [-0.25, -0.2) is 0 Å². The Morgan fingerprint density at radius 1 is 1.21 bits per heavy atom. The minimum absolute atomic E-state index is 0. The Hall–Kier alpha value is -0.580. The van der Waals surface area contributed by atoms with E-state index in [1.165, 1.54) is 5.56 Å². The molecule has 3 nitrogen and oxygen atoms in total. The first-order valence-electron chi connectivity index (χ1n) is 8.84. The van der Waals surface area contributed by atoms with Gasteiger partial charge in [0.05, 0.1) is 5.41 Å². The predicted molar refractivity (Wildman–Crippen MR) is 104 cm³/mol. The summed E-state index contributed by atoms with van der Waals surface area (Å²) in [4.78, 5) is 15.5. The third-order valence-corrected chi connectivity index (χ3v) is 6.36. The van der Waals surface area contributed by atoms with Crippen LogP contribution in [-0.4, -0.2) is 29.9 Å². The quantitative estimate of drug-likeness (QED) is 0.801. The molecule has 1 saturated heterocycles. The molecule has 0 aromatic heterocycles. The van der Waals surface area contributed by atoms with Crippen LogP contribution in [0.3, 0.4) is 0 Å². The number of hydrogen-bond donors (Lipinski definition) is 1. The van der Waals surface area contributed by atoms with Crippen molar-refractivity contribution in [3.8, 4) is 0 Å². The molecule has 0 bridgehead atoms. The standard InChI is InChI=1S/C19H27BrN2O.ClH/c1-14(21)15-8-12-22(13-9-15)18(23)19(10-2-3-11-19)16-4-6-17(20)7-5-16;/h4-7,14-15H,2-3,8-13,21H2,1H3;1H. The van der Waals surface area contributed by atoms with Crippen LogP contribution in [0.25, 0.3) is 0 Å². The molecule has 3 rings (SSSR count). The van der Waals surface area contributed by atoms with E-state index in [0.29, 0.717) is 11.8 Å². The van der Waals surface area contributed by atoms with Gasteiger partial charge in [-0.05, 0) is 56.2 Å². The zero-order valence-corrected chi connectivity index (χ0v) is 16.7. The molecular formula is C19H28BrClN2O. The van der Waals surface area contributed by atoms with Gasteiger partial charge in [-0.3, -0.25) is 4.79 Å². The monoisotopic (exact) mass is 414 g/mol. The molecular weight excluding hydrogens is 388 g/mol. The summed E-state index contributed by atoms with van der Waals surface area (Å²) in [5.74, 6) is 0.909. The number of benzene rings is 1. The van der Waals surface area contributed by atoms with Gasteiger partial charge in [0.2, 0.25) is 5.91 Å². The summed E-state index contributed by atoms with van der Waals surface area (Å²) in [5, 5.41) is 0. The highest BCUT2D eigenvalue weighted by atomic mass is 79.9. The van der Waals surface area contributed by atoms with Crippen LogP contribution in [0.5, 0.6) is 0 Å². The van der Waals surface area contributed by atoms with Crippen LogP contribution in [0.1, 0.15) is 51.0 Å². The van der Waals surface area contributed by atoms with Crippen molar-refractivity contribution < 1.29 is 4.79 Å². The first kappa shape index (κ1) is 19.7. The Balaban J connectivity index is 0.00000208. The molecule has 2 fully saturated rings. The van der Waals surface area contributed by atoms with E-state index in [1.54, 1.807) is 0 Å². The van der Waals surface area contributed by atoms with Crippen molar-refractivity contribution in [2.75, 3.05) is 13.1 Å². The highest BCUT2D eigenvalue weighted by molar-refractivity contribution is 9.10. The van der Waals surface area contributed by atoms with Crippen LogP contribution in [-0.2, 0) is 10.2 Å². The molecule has 1 saturated carbocycles. The largest absolute Gasteiger partial charge is 0.342 e. The molecule has 0 spiro atoms. The highest BCUT2D eigenvalue weighted by Gasteiger charge is 2.45. The SMILES string of the molecule is CC(N)C1CCN(C(=O)C2(c3ccc(Br)cc3)CCCC2)CC1.Cl. The second kappa shape index (κ2) is 8.20. The Morgan fingerprint density at radius 3 is 2.25 bits per heavy atom. The van der Waals surface area contributed by atoms with Gasteiger partial charge in [-0.15, -0.1) is 12.4 Å². The third-order valence-electron chi connectivity index (χ3n) is 5.83. The van der Waals surface area contributed by atoms with Gasteiger partial charge in [-0.2, -0.15) is 0 Å². The van der Waals surface area contributed by atoms with Crippen LogP contribution < -0.4 is 5.73 Å². The molecule has 1 aliphatic carbocycles. The first-order chi connectivity index (χ1) is 11.0. The lowest BCUT2D eigenvalue weighted by Gasteiger charge is -2.39. The summed E-state index contributed by atoms with van der Waals surface area (Å²) in [5.41, 5.74) is 6.94. The van der Waals surface area contributed by atoms with E-state index in [4.69, 9.17) is 5.73 Å². The zero-order valence-electron chi connectivity index (χ0n) is 14.3. The maximum atomic E-state index is 13.4. The van der Waals surface area contributed by atoms with Gasteiger partial charge >= 0.3 is 0 Å². The number of piperidine rings is 1. The Kier molecular flexibility index (Phi) is 6.74. The molecule has 5 heteroatoms. The topological polar surface area (TPSA) is 46.3 Å². The van der Waals surface area contributed by atoms with Crippen LogP contribution in [0.2, 0.25) is 0 Å². The Morgan fingerprint density at radius 2 is 1.75 bits per heavy atom. The van der Waals surface area contributed by atoms with Gasteiger partial charge in [0.1, 0.15) is 0 Å². The second-order valence-electron chi connectivity index (χ2n) is 7.28. The summed E-state index contributed by atoms with van der Waals surface area (Å²) >= 11 is 3.50. The second-order valence-corrected chi connectivity index (χ2v) is 8.20. The number of carbonyl (C=O) groups excluding carboxylic acids is 1. The van der Waals surface area contributed by atoms with E-state index in [0.717, 1.165) is 56.1 Å². The molecule has 1 atom stereocenters. The average molecular weight is 416 g/mol. The minimum Gasteiger partial charge on any atom is -0.342 e. The summed E-state index contributed by atoms with van der Waals surface area (Å²) < 4.78 is 1.07. The number of likely N-dealkylation sites (tertiary alicyclic amines) is 1. The Labute approximate surface area is 159 Å². The van der Waals surface area contributed by atoms with E-state index in [9.17, 15) is 4.79 Å². The first-order valence-corrected chi connectivity index (χ1v) is 9.63. The smallest absolute Gasteiger partial charge is 0.233 e. The predicted octanol–water partition coefficient (Wildman–Crippen LogP) is 4.27. The summed E-state index contributed by atoms with van der Waals surface area (Å²) in [7, 11) is 0. The molecule has 1 aliphatic heterocycles. The van der Waals surface area contributed by atoms with Gasteiger partial charge in [0.15, 0.2) is 0 Å². The molecule has 0 radical (unpaired) electrons. The molecule has 1 aromatic rings. The third kappa shape index (κ3) is 3.81. The fourth-order valence-corrected chi connectivity index (χ4v) is 4.57. The molecule has 134 valence electrons. The van der Waals surface area contributed by atoms with Crippen LogP contribution >= 0.6 is 28.3 Å². The van der Waals surface area contributed by atoms with E-state index >= 15 is 0 Å². The molecule has 2 aliphatic rings. The fourth-order valence-electron chi connectivity index (χ4n) is 4.30. The summed E-state index contributed by atoms with van der Waals surface area (Å²) in [6.07, 6.45) is 6.36. The number of carbonyl (C=O) groups is 1. The lowest BCUT2D eigenvalue weighted by Crippen LogP contribution is -2.50. The number of nitrogens with zero attached hydrogens (tertiary/aromatic N) is 1. The van der Waals surface area contributed by atoms with E-state index in [1.807, 2.05) is 0 Å². The maximum Gasteiger partial charge on any atom is 0.233 e. The van der Waals surface area contributed by atoms with Crippen molar-refractivity contribution in [3.63, 3.8) is 0 Å². The van der Waals surface area contributed by atoms with Crippen LogP contribution in [0, 0.1) is 5.92 Å². The fraction of sp³-hybridized carbons (Fsp3) is 0.632. The Bertz CT molecular complexity index is 547. The number of nitrogens with two attached hydrogens (primary N) is 1. The van der Waals surface area contributed by atoms with E-state index in [-0.39, 0.29) is 23.9 Å². The van der Waals surface area contributed by atoms with Gasteiger partial charge in [-0.1, -0.05) is 40.9 Å². The molecule has 1 amide bonds. The number of halogens is 2. The van der Waals surface area contributed by atoms with Gasteiger partial charge in [0, 0.05) is 23.6 Å². The summed E-state index contributed by atoms with van der Waals surface area (Å²) in [6.45, 7) is 3.81. The maximum absolute atomic E-state index is 13.4. The molecule has 1 unspecified atom stereocenters. The number of rotatable bonds is 3. The molecule has 1 heterocycles. The van der Waals surface area contributed by atoms with Gasteiger partial charge < -0.3 is 10.6 Å². The lowest BCUT2D eigenvalue weighted by atomic mass is 9.77. The normalized spacial score (nSPS) is 22.0. The molecule has 24 heavy (non-hydrogen) atoms. The van der Waals surface area contributed by atoms with Crippen molar-refractivity contribution in [2.24, 2.45) is 11.7 Å². The minimum atomic E-state index is -0.290. The van der Waals surface area contributed by atoms with Crippen molar-refractivity contribution in [1.29, 1.82) is 0 Å². The van der Waals surface area contributed by atoms with Crippen molar-refractivity contribution in [1.82, 2.24) is 4.90 Å². The van der Waals surface area contributed by atoms with Gasteiger partial charge in [0.25, 0.3) is 0 Å². The lowest BCUT2D eigenvalue weighted by molar-refractivity contribution is -0.138. The van der Waals surface area contributed by atoms with Crippen LogP contribution in [0.4, 0.5) is 0 Å². The van der Waals surface area contributed by atoms with Crippen molar-refractivity contribution in [2.45, 2.75) is 56.9 Å². The zero-order chi connectivity index (χ0) is 16.4. The molecule has 2 N–H and O–H groups in total. The highest BCUT2D eigenvalue weighted by Crippen LogP contribution is 2.43. The van der Waals surface area contributed by atoms with E-state index < -0.39 is 0 Å². The number of amides is 1.